The minimum Gasteiger partial charge on any atom is -0.357 e. The van der Waals surface area contributed by atoms with Gasteiger partial charge in [0.05, 0.1) is 13.1 Å². The van der Waals surface area contributed by atoms with Gasteiger partial charge in [-0.3, -0.25) is 0 Å². The van der Waals surface area contributed by atoms with Crippen molar-refractivity contribution in [3.63, 3.8) is 0 Å². The fourth-order valence-corrected chi connectivity index (χ4v) is 0.895. The van der Waals surface area contributed by atoms with Gasteiger partial charge in [-0.25, -0.2) is 5.21 Å². The summed E-state index contributed by atoms with van der Waals surface area (Å²) in [5.74, 6) is 0. The van der Waals surface area contributed by atoms with Crippen molar-refractivity contribution in [1.29, 1.82) is 0 Å². The SMILES string of the molecule is NCCCN(CCCN)/[N+](O)=N/O. The lowest BCUT2D eigenvalue weighted by molar-refractivity contribution is -0.941. The molecule has 0 saturated carbocycles. The molecule has 78 valence electrons. The molecule has 7 nitrogen and oxygen atoms in total. The van der Waals surface area contributed by atoms with Crippen LogP contribution in [0, 0.1) is 0 Å². The standard InChI is InChI=1S/C6H17N5O2/c7-3-1-5-10(6-2-4-8)11(13)9-12/h13H,1-8H2/p+1. The van der Waals surface area contributed by atoms with Crippen LogP contribution in [0.2, 0.25) is 0 Å². The van der Waals surface area contributed by atoms with Crippen LogP contribution in [0.4, 0.5) is 0 Å². The Bertz CT molecular complexity index is 144. The number of nitrogens with two attached hydrogens (primary N) is 2. The number of hydrogen-bond donors (Lipinski definition) is 4. The van der Waals surface area contributed by atoms with Crippen molar-refractivity contribution in [2.45, 2.75) is 12.8 Å². The van der Waals surface area contributed by atoms with E-state index in [2.05, 4.69) is 5.28 Å². The predicted octanol–water partition coefficient (Wildman–Crippen LogP) is -0.856. The first-order chi connectivity index (χ1) is 6.26. The third-order valence-electron chi connectivity index (χ3n) is 1.57. The molecule has 0 aliphatic heterocycles. The van der Waals surface area contributed by atoms with E-state index in [0.29, 0.717) is 31.1 Å². The summed E-state index contributed by atoms with van der Waals surface area (Å²) < 4.78 is 0. The van der Waals surface area contributed by atoms with Gasteiger partial charge >= 0.3 is 0 Å². The first-order valence-electron chi connectivity index (χ1n) is 4.25. The molecule has 7 heteroatoms. The Hall–Kier alpha value is -1.08. The van der Waals surface area contributed by atoms with E-state index in [-0.39, 0.29) is 0 Å². The fraction of sp³-hybridized carbons (Fsp3) is 1.00. The van der Waals surface area contributed by atoms with Crippen molar-refractivity contribution in [2.24, 2.45) is 16.7 Å². The van der Waals surface area contributed by atoms with Gasteiger partial charge in [-0.05, 0) is 25.9 Å². The maximum absolute atomic E-state index is 9.03. The topological polar surface area (TPSA) is 111 Å². The zero-order valence-corrected chi connectivity index (χ0v) is 7.63. The van der Waals surface area contributed by atoms with Crippen molar-refractivity contribution < 1.29 is 15.4 Å². The van der Waals surface area contributed by atoms with Gasteiger partial charge < -0.3 is 16.7 Å². The minimum atomic E-state index is 0.408. The molecule has 0 aromatic carbocycles. The van der Waals surface area contributed by atoms with Crippen molar-refractivity contribution in [3.05, 3.63) is 0 Å². The highest BCUT2D eigenvalue weighted by Gasteiger charge is 2.16. The number of hydrazine groups is 1. The van der Waals surface area contributed by atoms with Gasteiger partial charge in [-0.1, -0.05) is 0 Å². The lowest BCUT2D eigenvalue weighted by Crippen LogP contribution is -2.35. The second kappa shape index (κ2) is 7.56. The molecule has 0 heterocycles. The number of hydrogen-bond acceptors (Lipinski definition) is 3. The van der Waals surface area contributed by atoms with Crippen molar-refractivity contribution >= 4 is 0 Å². The van der Waals surface area contributed by atoms with E-state index in [4.69, 9.17) is 21.9 Å². The van der Waals surface area contributed by atoms with Crippen LogP contribution in [0.25, 0.3) is 0 Å². The molecule has 0 atom stereocenters. The van der Waals surface area contributed by atoms with Gasteiger partial charge in [-0.2, -0.15) is 0 Å². The fourth-order valence-electron chi connectivity index (χ4n) is 0.895. The molecule has 0 radical (unpaired) electrons. The first-order valence-corrected chi connectivity index (χ1v) is 4.25. The van der Waals surface area contributed by atoms with Crippen molar-refractivity contribution in [2.75, 3.05) is 26.2 Å². The maximum Gasteiger partial charge on any atom is 0.271 e. The molecular weight excluding hydrogens is 174 g/mol. The minimum absolute atomic E-state index is 0.408. The molecule has 0 bridgehead atoms. The van der Waals surface area contributed by atoms with Gasteiger partial charge in [0.1, 0.15) is 0 Å². The zero-order valence-electron chi connectivity index (χ0n) is 7.63. The summed E-state index contributed by atoms with van der Waals surface area (Å²) in [5.41, 5.74) is 10.6. The smallest absolute Gasteiger partial charge is 0.271 e. The Kier molecular flexibility index (Phi) is 6.93. The van der Waals surface area contributed by atoms with Crippen LogP contribution < -0.4 is 11.5 Å². The molecule has 0 spiro atoms. The number of rotatable bonds is 7. The summed E-state index contributed by atoms with van der Waals surface area (Å²) in [7, 11) is 0. The zero-order chi connectivity index (χ0) is 10.1. The molecule has 0 fully saturated rings. The Morgan fingerprint density at radius 3 is 1.92 bits per heavy atom. The van der Waals surface area contributed by atoms with Gasteiger partial charge in [-0.15, -0.1) is 5.01 Å². The third-order valence-corrected chi connectivity index (χ3v) is 1.57. The predicted molar refractivity (Wildman–Crippen MR) is 45.2 cm³/mol. The summed E-state index contributed by atoms with van der Waals surface area (Å²) in [6, 6.07) is 0. The van der Waals surface area contributed by atoms with Gasteiger partial charge in [0.2, 0.25) is 0 Å². The molecule has 0 aromatic heterocycles. The van der Waals surface area contributed by atoms with E-state index in [1.54, 1.807) is 0 Å². The summed E-state index contributed by atoms with van der Waals surface area (Å²) in [4.78, 5) is 0.408. The second-order valence-electron chi connectivity index (χ2n) is 2.60. The van der Waals surface area contributed by atoms with Crippen LogP contribution in [0.15, 0.2) is 5.28 Å². The molecular formula is C6H18N5O2+. The average Bonchev–Trinajstić information content (AvgIpc) is 2.17. The van der Waals surface area contributed by atoms with E-state index in [1.807, 2.05) is 0 Å². The van der Waals surface area contributed by atoms with Crippen LogP contribution in [0.1, 0.15) is 12.8 Å². The highest BCUT2D eigenvalue weighted by molar-refractivity contribution is 4.47. The average molecular weight is 192 g/mol. The second-order valence-corrected chi connectivity index (χ2v) is 2.60. The van der Waals surface area contributed by atoms with Crippen LogP contribution in [0.5, 0.6) is 0 Å². The van der Waals surface area contributed by atoms with Crippen LogP contribution >= 0.6 is 0 Å². The van der Waals surface area contributed by atoms with Gasteiger partial charge in [0.15, 0.2) is 0 Å². The van der Waals surface area contributed by atoms with E-state index in [9.17, 15) is 0 Å². The maximum atomic E-state index is 9.03. The quantitative estimate of drug-likeness (QED) is 0.238. The lowest BCUT2D eigenvalue weighted by Gasteiger charge is -2.10. The van der Waals surface area contributed by atoms with Crippen LogP contribution in [0.3, 0.4) is 0 Å². The Labute approximate surface area is 77.1 Å². The van der Waals surface area contributed by atoms with Gasteiger partial charge in [0, 0.05) is 0 Å². The third kappa shape index (κ3) is 5.21. The van der Waals surface area contributed by atoms with Crippen LogP contribution in [-0.4, -0.2) is 46.6 Å². The highest BCUT2D eigenvalue weighted by Crippen LogP contribution is 1.93. The first kappa shape index (κ1) is 11.9. The summed E-state index contributed by atoms with van der Waals surface area (Å²) in [5, 5.41) is 21.4. The van der Waals surface area contributed by atoms with Crippen LogP contribution in [-0.2, 0) is 0 Å². The molecule has 0 aliphatic rings. The highest BCUT2D eigenvalue weighted by atomic mass is 16.6. The monoisotopic (exact) mass is 192 g/mol. The molecule has 0 unspecified atom stereocenters. The summed E-state index contributed by atoms with van der Waals surface area (Å²) in [6.07, 6.45) is 1.44. The van der Waals surface area contributed by atoms with E-state index < -0.39 is 0 Å². The summed E-state index contributed by atoms with van der Waals surface area (Å²) >= 11 is 0. The normalized spacial score (nSPS) is 11.7. The molecule has 0 aromatic rings. The van der Waals surface area contributed by atoms with E-state index in [0.717, 1.165) is 12.8 Å². The lowest BCUT2D eigenvalue weighted by atomic mass is 10.4. The molecule has 0 aliphatic carbocycles. The molecule has 0 amide bonds. The van der Waals surface area contributed by atoms with Gasteiger partial charge in [0.25, 0.3) is 10.2 Å². The van der Waals surface area contributed by atoms with Crippen molar-refractivity contribution in [3.8, 4) is 0 Å². The Balaban J connectivity index is 3.87. The van der Waals surface area contributed by atoms with E-state index in [1.165, 1.54) is 5.01 Å². The molecule has 0 rings (SSSR count). The molecule has 6 N–H and O–H groups in total. The molecule has 13 heavy (non-hydrogen) atoms. The molecule has 0 saturated heterocycles. The number of nitrogens with zero attached hydrogens (tertiary/aromatic N) is 3. The van der Waals surface area contributed by atoms with E-state index >= 15 is 0 Å². The Morgan fingerprint density at radius 2 is 1.62 bits per heavy atom. The largest absolute Gasteiger partial charge is 0.357 e. The Morgan fingerprint density at radius 1 is 1.15 bits per heavy atom. The van der Waals surface area contributed by atoms with Crippen molar-refractivity contribution in [1.82, 2.24) is 5.01 Å². The summed E-state index contributed by atoms with van der Waals surface area (Å²) in [6.45, 7) is 2.13.